The van der Waals surface area contributed by atoms with Gasteiger partial charge in [0.2, 0.25) is 5.91 Å². The summed E-state index contributed by atoms with van der Waals surface area (Å²) in [5.74, 6) is -1.54. The standard InChI is InChI=1S/C20H18F2N2O2/c21-14-4-6-16(17(22)10-14)20(26)23-15-5-7-18-13(9-15)3-8-19(25)24(18)11-12-1-2-12/h4-7,9-10,12H,1-3,8,11H2,(H,23,26). The van der Waals surface area contributed by atoms with Crippen LogP contribution in [0.15, 0.2) is 36.4 Å². The fourth-order valence-corrected chi connectivity index (χ4v) is 3.27. The Kier molecular flexibility index (Phi) is 4.18. The molecule has 2 aromatic carbocycles. The molecule has 26 heavy (non-hydrogen) atoms. The predicted octanol–water partition coefficient (Wildman–Crippen LogP) is 3.91. The second-order valence-corrected chi connectivity index (χ2v) is 6.87. The molecular formula is C20H18F2N2O2. The molecule has 2 aliphatic rings. The SMILES string of the molecule is O=C(Nc1ccc2c(c1)CCC(=O)N2CC1CC1)c1ccc(F)cc1F. The molecule has 0 saturated heterocycles. The molecule has 0 aromatic heterocycles. The maximum atomic E-state index is 13.8. The van der Waals surface area contributed by atoms with Crippen LogP contribution < -0.4 is 10.2 Å². The van der Waals surface area contributed by atoms with Crippen LogP contribution in [0.4, 0.5) is 20.2 Å². The molecule has 0 bridgehead atoms. The second-order valence-electron chi connectivity index (χ2n) is 6.87. The van der Waals surface area contributed by atoms with E-state index in [2.05, 4.69) is 5.32 Å². The molecule has 4 rings (SSSR count). The van der Waals surface area contributed by atoms with Gasteiger partial charge in [0.25, 0.3) is 5.91 Å². The van der Waals surface area contributed by atoms with Crippen LogP contribution in [0.2, 0.25) is 0 Å². The number of nitrogens with zero attached hydrogens (tertiary/aromatic N) is 1. The summed E-state index contributed by atoms with van der Waals surface area (Å²) in [6.45, 7) is 0.748. The van der Waals surface area contributed by atoms with Crippen molar-refractivity contribution >= 4 is 23.2 Å². The minimum atomic E-state index is -0.901. The van der Waals surface area contributed by atoms with Crippen molar-refractivity contribution in [3.8, 4) is 0 Å². The summed E-state index contributed by atoms with van der Waals surface area (Å²) < 4.78 is 26.7. The van der Waals surface area contributed by atoms with E-state index in [1.165, 1.54) is 0 Å². The topological polar surface area (TPSA) is 49.4 Å². The number of nitrogens with one attached hydrogen (secondary N) is 1. The highest BCUT2D eigenvalue weighted by Crippen LogP contribution is 2.36. The number of fused-ring (bicyclic) bond motifs is 1. The summed E-state index contributed by atoms with van der Waals surface area (Å²) in [5.41, 5.74) is 2.19. The van der Waals surface area contributed by atoms with Crippen LogP contribution >= 0.6 is 0 Å². The van der Waals surface area contributed by atoms with Crippen LogP contribution in [0.25, 0.3) is 0 Å². The van der Waals surface area contributed by atoms with Gasteiger partial charge >= 0.3 is 0 Å². The van der Waals surface area contributed by atoms with E-state index >= 15 is 0 Å². The molecule has 6 heteroatoms. The summed E-state index contributed by atoms with van der Waals surface area (Å²) in [6, 6.07) is 8.20. The molecule has 1 aliphatic heterocycles. The Balaban J connectivity index is 1.55. The number of halogens is 2. The van der Waals surface area contributed by atoms with Gasteiger partial charge in [0.1, 0.15) is 11.6 Å². The highest BCUT2D eigenvalue weighted by atomic mass is 19.1. The van der Waals surface area contributed by atoms with Crippen molar-refractivity contribution < 1.29 is 18.4 Å². The number of aryl methyl sites for hydroxylation is 1. The monoisotopic (exact) mass is 356 g/mol. The quantitative estimate of drug-likeness (QED) is 0.903. The van der Waals surface area contributed by atoms with Crippen molar-refractivity contribution in [2.24, 2.45) is 5.92 Å². The average Bonchev–Trinajstić information content (AvgIpc) is 3.41. The van der Waals surface area contributed by atoms with Gasteiger partial charge in [0, 0.05) is 30.4 Å². The third kappa shape index (κ3) is 3.31. The first-order valence-corrected chi connectivity index (χ1v) is 8.71. The Morgan fingerprint density at radius 1 is 1.12 bits per heavy atom. The zero-order chi connectivity index (χ0) is 18.3. The van der Waals surface area contributed by atoms with E-state index in [-0.39, 0.29) is 11.5 Å². The number of hydrogen-bond acceptors (Lipinski definition) is 2. The first-order valence-electron chi connectivity index (χ1n) is 8.71. The molecule has 2 aromatic rings. The number of carbonyl (C=O) groups excluding carboxylic acids is 2. The van der Waals surface area contributed by atoms with Crippen LogP contribution in [0.3, 0.4) is 0 Å². The number of benzene rings is 2. The third-order valence-corrected chi connectivity index (χ3v) is 4.85. The van der Waals surface area contributed by atoms with Crippen molar-refractivity contribution in [1.82, 2.24) is 0 Å². The zero-order valence-electron chi connectivity index (χ0n) is 14.1. The Labute approximate surface area is 149 Å². The Morgan fingerprint density at radius 3 is 2.65 bits per heavy atom. The van der Waals surface area contributed by atoms with Crippen molar-refractivity contribution in [2.45, 2.75) is 25.7 Å². The molecule has 0 spiro atoms. The van der Waals surface area contributed by atoms with Crippen molar-refractivity contribution in [2.75, 3.05) is 16.8 Å². The predicted molar refractivity (Wildman–Crippen MR) is 94.2 cm³/mol. The van der Waals surface area contributed by atoms with Crippen LogP contribution in [0, 0.1) is 17.6 Å². The van der Waals surface area contributed by atoms with Crippen LogP contribution in [-0.4, -0.2) is 18.4 Å². The molecule has 0 radical (unpaired) electrons. The Morgan fingerprint density at radius 2 is 1.92 bits per heavy atom. The highest BCUT2D eigenvalue weighted by molar-refractivity contribution is 6.05. The fraction of sp³-hybridized carbons (Fsp3) is 0.300. The van der Waals surface area contributed by atoms with Crippen LogP contribution in [-0.2, 0) is 11.2 Å². The lowest BCUT2D eigenvalue weighted by Gasteiger charge is -2.30. The zero-order valence-corrected chi connectivity index (χ0v) is 14.1. The molecule has 134 valence electrons. The van der Waals surface area contributed by atoms with E-state index in [0.29, 0.717) is 30.5 Å². The molecule has 4 nitrogen and oxygen atoms in total. The molecule has 2 amide bonds. The minimum absolute atomic E-state index is 0.134. The lowest BCUT2D eigenvalue weighted by atomic mass is 10.00. The molecule has 0 atom stereocenters. The van der Waals surface area contributed by atoms with Gasteiger partial charge in [-0.3, -0.25) is 9.59 Å². The number of hydrogen-bond donors (Lipinski definition) is 1. The maximum Gasteiger partial charge on any atom is 0.258 e. The summed E-state index contributed by atoms with van der Waals surface area (Å²) in [6.07, 6.45) is 3.39. The lowest BCUT2D eigenvalue weighted by molar-refractivity contribution is -0.118. The van der Waals surface area contributed by atoms with Gasteiger partial charge in [-0.25, -0.2) is 8.78 Å². The Hall–Kier alpha value is -2.76. The highest BCUT2D eigenvalue weighted by Gasteiger charge is 2.31. The summed E-state index contributed by atoms with van der Waals surface area (Å²) in [5, 5.41) is 2.64. The molecule has 1 aliphatic carbocycles. The molecule has 1 saturated carbocycles. The number of anilines is 2. The molecule has 1 fully saturated rings. The van der Waals surface area contributed by atoms with Gasteiger partial charge < -0.3 is 10.2 Å². The van der Waals surface area contributed by atoms with E-state index in [1.807, 2.05) is 17.0 Å². The first kappa shape index (κ1) is 16.7. The minimum Gasteiger partial charge on any atom is -0.322 e. The third-order valence-electron chi connectivity index (χ3n) is 4.85. The largest absolute Gasteiger partial charge is 0.322 e. The number of carbonyl (C=O) groups is 2. The van der Waals surface area contributed by atoms with Gasteiger partial charge in [-0.05, 0) is 61.1 Å². The van der Waals surface area contributed by atoms with Gasteiger partial charge in [0.05, 0.1) is 5.56 Å². The van der Waals surface area contributed by atoms with E-state index in [9.17, 15) is 18.4 Å². The summed E-state index contributed by atoms with van der Waals surface area (Å²) >= 11 is 0. The number of amides is 2. The maximum absolute atomic E-state index is 13.8. The van der Waals surface area contributed by atoms with Gasteiger partial charge in [-0.1, -0.05) is 0 Å². The molecule has 1 heterocycles. The van der Waals surface area contributed by atoms with Crippen molar-refractivity contribution in [3.63, 3.8) is 0 Å². The summed E-state index contributed by atoms with van der Waals surface area (Å²) in [7, 11) is 0. The lowest BCUT2D eigenvalue weighted by Crippen LogP contribution is -2.36. The smallest absolute Gasteiger partial charge is 0.258 e. The van der Waals surface area contributed by atoms with Crippen molar-refractivity contribution in [3.05, 3.63) is 59.2 Å². The van der Waals surface area contributed by atoms with E-state index in [0.717, 1.165) is 42.8 Å². The molecular weight excluding hydrogens is 338 g/mol. The molecule has 0 unspecified atom stereocenters. The average molecular weight is 356 g/mol. The Bertz CT molecular complexity index is 893. The van der Waals surface area contributed by atoms with Crippen LogP contribution in [0.1, 0.15) is 35.2 Å². The summed E-state index contributed by atoms with van der Waals surface area (Å²) in [4.78, 5) is 26.3. The van der Waals surface area contributed by atoms with Gasteiger partial charge in [-0.15, -0.1) is 0 Å². The first-order chi connectivity index (χ1) is 12.5. The van der Waals surface area contributed by atoms with Crippen LogP contribution in [0.5, 0.6) is 0 Å². The van der Waals surface area contributed by atoms with E-state index < -0.39 is 17.5 Å². The fourth-order valence-electron chi connectivity index (χ4n) is 3.27. The van der Waals surface area contributed by atoms with E-state index in [1.54, 1.807) is 6.07 Å². The van der Waals surface area contributed by atoms with Gasteiger partial charge in [-0.2, -0.15) is 0 Å². The molecule has 1 N–H and O–H groups in total. The second kappa shape index (κ2) is 6.52. The van der Waals surface area contributed by atoms with Crippen molar-refractivity contribution in [1.29, 1.82) is 0 Å². The van der Waals surface area contributed by atoms with Gasteiger partial charge in [0.15, 0.2) is 0 Å². The normalized spacial score (nSPS) is 16.4. The van der Waals surface area contributed by atoms with E-state index in [4.69, 9.17) is 0 Å². The number of rotatable bonds is 4.